The van der Waals surface area contributed by atoms with Crippen LogP contribution in [0.1, 0.15) is 54.4 Å². The Kier molecular flexibility index (Phi) is 15.8. The number of benzene rings is 4. The molecule has 5 N–H and O–H groups in total. The summed E-state index contributed by atoms with van der Waals surface area (Å²) < 4.78 is 71.7. The van der Waals surface area contributed by atoms with Gasteiger partial charge in [-0.3, -0.25) is 19.4 Å². The molecule has 1 saturated heterocycles. The molecule has 66 heavy (non-hydrogen) atoms. The predicted octanol–water partition coefficient (Wildman–Crippen LogP) is 7.45. The quantitative estimate of drug-likeness (QED) is 0.0813. The van der Waals surface area contributed by atoms with Crippen LogP contribution in [0.3, 0.4) is 0 Å². The van der Waals surface area contributed by atoms with Crippen molar-refractivity contribution in [1.82, 2.24) is 20.5 Å². The van der Waals surface area contributed by atoms with Crippen molar-refractivity contribution in [3.63, 3.8) is 0 Å². The van der Waals surface area contributed by atoms with Gasteiger partial charge in [-0.05, 0) is 96.8 Å². The number of aliphatic carboxylic acids is 1. The lowest BCUT2D eigenvalue weighted by atomic mass is 9.81. The zero-order chi connectivity index (χ0) is 47.6. The second-order valence-corrected chi connectivity index (χ2v) is 16.3. The van der Waals surface area contributed by atoms with Crippen LogP contribution in [0.2, 0.25) is 0 Å². The normalized spacial score (nSPS) is 18.3. The van der Waals surface area contributed by atoms with Crippen LogP contribution in [0.25, 0.3) is 32.8 Å². The fourth-order valence-electron chi connectivity index (χ4n) is 8.21. The minimum atomic E-state index is -5.08. The molecule has 0 spiro atoms. The van der Waals surface area contributed by atoms with Crippen LogP contribution in [0, 0.1) is 23.2 Å². The molecule has 0 unspecified atom stereocenters. The van der Waals surface area contributed by atoms with Crippen molar-refractivity contribution in [1.29, 1.82) is 5.26 Å². The van der Waals surface area contributed by atoms with Gasteiger partial charge in [0.25, 0.3) is 11.8 Å². The van der Waals surface area contributed by atoms with Gasteiger partial charge in [0, 0.05) is 48.0 Å². The standard InChI is InChI=1S/C46H48F2N6O5.C2HF3O2/c1-58-37-13-14-38(34-12-15-41-40(22-34)39(16-18-51-41)45(57)52-27-43(55)54-28-46(47,48)24-36(54)26-50)42(23-37)59-19-17-35(53-44(56)32-10-6-29(25-49)7-11-32)21-30-8-9-31-4-2-3-5-33(31)20-30;3-2(4,5)1(6)7/h2-5,8-9,12-16,18,20,22-23,29,32,35-36H,6-7,10-11,17,19,21,24-25,27-28,49H2,1H3,(H,52,57)(H,53,56);(H,6,7)/t29?,32?,35-,36-;/m0./s1. The van der Waals surface area contributed by atoms with Gasteiger partial charge in [0.15, 0.2) is 0 Å². The van der Waals surface area contributed by atoms with Crippen LogP contribution in [0.5, 0.6) is 11.5 Å². The molecule has 0 bridgehead atoms. The number of carbonyl (C=O) groups excluding carboxylic acids is 3. The van der Waals surface area contributed by atoms with Crippen LogP contribution in [-0.2, 0) is 20.8 Å². The minimum Gasteiger partial charge on any atom is -0.497 e. The number of nitrogens with one attached hydrogen (secondary N) is 2. The number of rotatable bonds is 14. The molecule has 5 aromatic rings. The lowest BCUT2D eigenvalue weighted by Crippen LogP contribution is -2.43. The molecule has 4 aromatic carbocycles. The molecular weight excluding hydrogens is 868 g/mol. The van der Waals surface area contributed by atoms with Crippen LogP contribution in [-0.4, -0.2) is 96.2 Å². The van der Waals surface area contributed by atoms with Gasteiger partial charge in [0.1, 0.15) is 17.5 Å². The summed E-state index contributed by atoms with van der Waals surface area (Å²) in [5.41, 5.74) is 9.23. The number of nitrogens with zero attached hydrogens (tertiary/aromatic N) is 3. The topological polar surface area (TPSA) is 197 Å². The van der Waals surface area contributed by atoms with Gasteiger partial charge in [-0.1, -0.05) is 48.5 Å². The summed E-state index contributed by atoms with van der Waals surface area (Å²) in [7, 11) is 1.57. The van der Waals surface area contributed by atoms with Crippen molar-refractivity contribution in [2.24, 2.45) is 17.6 Å². The lowest BCUT2D eigenvalue weighted by molar-refractivity contribution is -0.192. The number of nitriles is 1. The maximum atomic E-state index is 14.0. The molecule has 1 aromatic heterocycles. The molecule has 1 saturated carbocycles. The summed E-state index contributed by atoms with van der Waals surface area (Å²) in [6, 6.07) is 27.3. The third kappa shape index (κ3) is 12.5. The van der Waals surface area contributed by atoms with E-state index >= 15 is 0 Å². The summed E-state index contributed by atoms with van der Waals surface area (Å²) >= 11 is 0. The number of hydrogen-bond acceptors (Lipinski definition) is 9. The van der Waals surface area contributed by atoms with Gasteiger partial charge in [0.2, 0.25) is 11.8 Å². The Balaban J connectivity index is 0.000000952. The van der Waals surface area contributed by atoms with Gasteiger partial charge in [-0.15, -0.1) is 0 Å². The minimum absolute atomic E-state index is 0.0494. The van der Waals surface area contributed by atoms with E-state index in [-0.39, 0.29) is 30.0 Å². The highest BCUT2D eigenvalue weighted by Gasteiger charge is 2.47. The largest absolute Gasteiger partial charge is 0.497 e. The highest BCUT2D eigenvalue weighted by Crippen LogP contribution is 2.36. The van der Waals surface area contributed by atoms with Crippen LogP contribution in [0.15, 0.2) is 91.1 Å². The van der Waals surface area contributed by atoms with Gasteiger partial charge in [-0.25, -0.2) is 13.6 Å². The molecule has 2 aliphatic rings. The van der Waals surface area contributed by atoms with Gasteiger partial charge in [-0.2, -0.15) is 18.4 Å². The van der Waals surface area contributed by atoms with E-state index in [2.05, 4.69) is 45.9 Å². The number of ether oxygens (including phenoxy) is 2. The fourth-order valence-corrected chi connectivity index (χ4v) is 8.21. The summed E-state index contributed by atoms with van der Waals surface area (Å²) in [5.74, 6) is -5.69. The number of likely N-dealkylation sites (tertiary alicyclic amines) is 1. The zero-order valence-electron chi connectivity index (χ0n) is 36.0. The second-order valence-electron chi connectivity index (χ2n) is 16.3. The number of carboxylic acids is 1. The molecule has 13 nitrogen and oxygen atoms in total. The van der Waals surface area contributed by atoms with E-state index in [0.29, 0.717) is 47.7 Å². The highest BCUT2D eigenvalue weighted by atomic mass is 19.4. The van der Waals surface area contributed by atoms with Gasteiger partial charge < -0.3 is 35.8 Å². The van der Waals surface area contributed by atoms with Crippen LogP contribution < -0.4 is 25.8 Å². The van der Waals surface area contributed by atoms with Gasteiger partial charge in [0.05, 0.1) is 44.0 Å². The van der Waals surface area contributed by atoms with Crippen molar-refractivity contribution in [3.05, 3.63) is 102 Å². The summed E-state index contributed by atoms with van der Waals surface area (Å²) in [6.45, 7) is -0.491. The second kappa shape index (κ2) is 21.4. The third-order valence-electron chi connectivity index (χ3n) is 11.8. The zero-order valence-corrected chi connectivity index (χ0v) is 36.0. The first kappa shape index (κ1) is 48.6. The number of carboxylic acid groups (broad SMARTS) is 1. The Labute approximate surface area is 377 Å². The molecule has 348 valence electrons. The van der Waals surface area contributed by atoms with E-state index in [0.717, 1.165) is 58.0 Å². The number of nitrogens with two attached hydrogens (primary N) is 1. The van der Waals surface area contributed by atoms with E-state index in [1.807, 2.05) is 36.4 Å². The summed E-state index contributed by atoms with van der Waals surface area (Å²) in [6.07, 6.45) is 0.367. The van der Waals surface area contributed by atoms with Crippen LogP contribution in [0.4, 0.5) is 22.0 Å². The molecule has 2 fully saturated rings. The molecule has 1 aliphatic heterocycles. The third-order valence-corrected chi connectivity index (χ3v) is 11.8. The Bertz CT molecular complexity index is 2600. The van der Waals surface area contributed by atoms with E-state index in [9.17, 15) is 41.6 Å². The maximum Gasteiger partial charge on any atom is 0.490 e. The number of pyridine rings is 1. The first-order valence-corrected chi connectivity index (χ1v) is 21.3. The lowest BCUT2D eigenvalue weighted by Gasteiger charge is -2.29. The predicted molar refractivity (Wildman–Crippen MR) is 235 cm³/mol. The highest BCUT2D eigenvalue weighted by molar-refractivity contribution is 6.07. The maximum absolute atomic E-state index is 14.0. The van der Waals surface area contributed by atoms with Crippen molar-refractivity contribution < 1.29 is 55.7 Å². The van der Waals surface area contributed by atoms with E-state index in [4.69, 9.17) is 25.1 Å². The number of aromatic nitrogens is 1. The molecule has 0 radical (unpaired) electrons. The smallest absolute Gasteiger partial charge is 0.490 e. The number of methoxy groups -OCH3 is 1. The number of fused-ring (bicyclic) bond motifs is 2. The number of hydrogen-bond donors (Lipinski definition) is 4. The monoisotopic (exact) mass is 916 g/mol. The van der Waals surface area contributed by atoms with Gasteiger partial charge >= 0.3 is 12.1 Å². The van der Waals surface area contributed by atoms with Crippen molar-refractivity contribution >= 4 is 45.4 Å². The summed E-state index contributed by atoms with van der Waals surface area (Å²) in [5, 5.41) is 25.1. The number of carbonyl (C=O) groups is 4. The average Bonchev–Trinajstić information content (AvgIpc) is 3.64. The average molecular weight is 917 g/mol. The van der Waals surface area contributed by atoms with Crippen molar-refractivity contribution in [2.75, 3.05) is 33.4 Å². The van der Waals surface area contributed by atoms with E-state index in [1.165, 1.54) is 12.3 Å². The Morgan fingerprint density at radius 2 is 1.71 bits per heavy atom. The number of alkyl halides is 5. The Hall–Kier alpha value is -6.87. The van der Waals surface area contributed by atoms with E-state index in [1.54, 1.807) is 25.3 Å². The van der Waals surface area contributed by atoms with Crippen molar-refractivity contribution in [2.45, 2.75) is 69.1 Å². The van der Waals surface area contributed by atoms with Crippen LogP contribution >= 0.6 is 0 Å². The SMILES string of the molecule is COc1ccc(-c2ccc3nccc(C(=O)NCC(=O)N4CC(F)(F)C[C@H]4C#N)c3c2)c(OCC[C@@H](Cc2ccc3ccccc3c2)NC(=O)C2CCC(CN)CC2)c1.O=C(O)C(F)(F)F. The molecule has 7 rings (SSSR count). The molecular formula is C48H49F5N6O7. The molecule has 2 heterocycles. The molecule has 2 atom stereocenters. The first-order chi connectivity index (χ1) is 31.5. The number of amides is 3. The Morgan fingerprint density at radius 1 is 0.985 bits per heavy atom. The first-order valence-electron chi connectivity index (χ1n) is 21.3. The molecule has 3 amide bonds. The molecule has 18 heteroatoms. The van der Waals surface area contributed by atoms with Crippen molar-refractivity contribution in [3.8, 4) is 28.7 Å². The number of halogens is 5. The molecule has 1 aliphatic carbocycles. The van der Waals surface area contributed by atoms with E-state index < -0.39 is 55.4 Å². The fraction of sp³-hybridized carbons (Fsp3) is 0.375. The summed E-state index contributed by atoms with van der Waals surface area (Å²) in [4.78, 5) is 54.0. The Morgan fingerprint density at radius 3 is 2.39 bits per heavy atom.